The largest absolute Gasteiger partial charge is 0.477 e. The van der Waals surface area contributed by atoms with Crippen LogP contribution in [0, 0.1) is 11.3 Å². The fourth-order valence-electron chi connectivity index (χ4n) is 3.90. The number of ether oxygens (including phenoxy) is 2. The van der Waals surface area contributed by atoms with Gasteiger partial charge in [0.1, 0.15) is 11.8 Å². The van der Waals surface area contributed by atoms with Gasteiger partial charge >= 0.3 is 5.97 Å². The Morgan fingerprint density at radius 2 is 2.03 bits per heavy atom. The van der Waals surface area contributed by atoms with Crippen LogP contribution in [0.3, 0.4) is 0 Å². The van der Waals surface area contributed by atoms with Gasteiger partial charge < -0.3 is 9.47 Å². The van der Waals surface area contributed by atoms with E-state index < -0.39 is 12.0 Å². The Morgan fingerprint density at radius 1 is 1.29 bits per heavy atom. The number of esters is 1. The molecule has 1 aliphatic heterocycles. The Labute approximate surface area is 214 Å². The number of hydrogen-bond donors (Lipinski definition) is 0. The molecule has 35 heavy (non-hydrogen) atoms. The molecule has 3 aromatic rings. The van der Waals surface area contributed by atoms with Gasteiger partial charge in [-0.2, -0.15) is 5.26 Å². The van der Waals surface area contributed by atoms with Crippen molar-refractivity contribution in [3.05, 3.63) is 94.6 Å². The fourth-order valence-corrected chi connectivity index (χ4v) is 5.47. The van der Waals surface area contributed by atoms with Gasteiger partial charge in [0.2, 0.25) is 0 Å². The molecule has 0 saturated heterocycles. The molecule has 2 heterocycles. The van der Waals surface area contributed by atoms with E-state index in [4.69, 9.17) is 37.9 Å². The highest BCUT2D eigenvalue weighted by Crippen LogP contribution is 2.34. The molecule has 0 unspecified atom stereocenters. The number of carbonyl (C=O) groups is 1. The summed E-state index contributed by atoms with van der Waals surface area (Å²) in [7, 11) is 1.31. The van der Waals surface area contributed by atoms with Crippen molar-refractivity contribution in [1.29, 1.82) is 5.26 Å². The molecular weight excluding hydrogens is 509 g/mol. The third kappa shape index (κ3) is 4.76. The van der Waals surface area contributed by atoms with Crippen molar-refractivity contribution in [3.8, 4) is 11.8 Å². The van der Waals surface area contributed by atoms with Crippen LogP contribution in [0.4, 0.5) is 0 Å². The second kappa shape index (κ2) is 10.5. The molecule has 0 amide bonds. The van der Waals surface area contributed by atoms with Crippen LogP contribution >= 0.6 is 34.5 Å². The molecule has 0 spiro atoms. The van der Waals surface area contributed by atoms with Crippen LogP contribution in [0.25, 0.3) is 6.08 Å². The van der Waals surface area contributed by atoms with Crippen molar-refractivity contribution in [3.63, 3.8) is 0 Å². The Bertz CT molecular complexity index is 1550. The number of benzene rings is 2. The minimum atomic E-state index is -0.700. The number of halogens is 2. The van der Waals surface area contributed by atoms with Gasteiger partial charge in [-0.15, -0.1) is 0 Å². The fraction of sp³-hybridized carbons (Fsp3) is 0.200. The van der Waals surface area contributed by atoms with Crippen LogP contribution < -0.4 is 19.6 Å². The molecule has 0 saturated carbocycles. The number of nitrogens with zero attached hydrogens (tertiary/aromatic N) is 3. The maximum Gasteiger partial charge on any atom is 0.338 e. The van der Waals surface area contributed by atoms with Crippen molar-refractivity contribution in [2.24, 2.45) is 4.99 Å². The van der Waals surface area contributed by atoms with Gasteiger partial charge in [-0.05, 0) is 30.2 Å². The number of rotatable bonds is 6. The Hall–Kier alpha value is -3.38. The highest BCUT2D eigenvalue weighted by atomic mass is 35.5. The van der Waals surface area contributed by atoms with Gasteiger partial charge in [0, 0.05) is 10.6 Å². The summed E-state index contributed by atoms with van der Waals surface area (Å²) in [5.74, 6) is -0.296. The average molecular weight is 528 g/mol. The minimum Gasteiger partial charge on any atom is -0.477 e. The number of carbonyl (C=O) groups excluding carboxylic acids is 1. The molecule has 0 radical (unpaired) electrons. The Morgan fingerprint density at radius 3 is 2.69 bits per heavy atom. The molecule has 0 N–H and O–H groups in total. The maximum absolute atomic E-state index is 13.7. The van der Waals surface area contributed by atoms with Crippen molar-refractivity contribution < 1.29 is 14.3 Å². The van der Waals surface area contributed by atoms with E-state index in [1.807, 2.05) is 43.3 Å². The summed E-state index contributed by atoms with van der Waals surface area (Å²) in [5, 5.41) is 9.49. The minimum absolute atomic E-state index is 0.218. The van der Waals surface area contributed by atoms with Crippen molar-refractivity contribution >= 4 is 46.6 Å². The molecule has 0 aliphatic carbocycles. The first-order valence-corrected chi connectivity index (χ1v) is 12.1. The van der Waals surface area contributed by atoms with Crippen LogP contribution in [0.2, 0.25) is 10.0 Å². The number of hydrogen-bond acceptors (Lipinski definition) is 7. The van der Waals surface area contributed by atoms with Crippen molar-refractivity contribution in [2.45, 2.75) is 19.4 Å². The summed E-state index contributed by atoms with van der Waals surface area (Å²) in [6.45, 7) is 1.67. The quantitative estimate of drug-likeness (QED) is 0.451. The van der Waals surface area contributed by atoms with Gasteiger partial charge in [-0.25, -0.2) is 9.79 Å². The van der Waals surface area contributed by atoms with E-state index in [1.54, 1.807) is 12.1 Å². The number of aromatic nitrogens is 1. The van der Waals surface area contributed by atoms with Gasteiger partial charge in [-0.3, -0.25) is 9.36 Å². The SMILES string of the molecule is CCC1=C(C(=O)OC)[C@H](c2ccccc2)n2c(s/c(=C/c3cc(Cl)cc(Cl)c3OCC#N)c2=O)=N1. The summed E-state index contributed by atoms with van der Waals surface area (Å²) in [5.41, 5.74) is 1.74. The van der Waals surface area contributed by atoms with Crippen LogP contribution in [-0.4, -0.2) is 24.3 Å². The molecule has 0 fully saturated rings. The van der Waals surface area contributed by atoms with E-state index in [0.717, 1.165) is 5.56 Å². The van der Waals surface area contributed by atoms with E-state index in [9.17, 15) is 9.59 Å². The van der Waals surface area contributed by atoms with E-state index in [2.05, 4.69) is 4.99 Å². The number of fused-ring (bicyclic) bond motifs is 1. The average Bonchev–Trinajstić information content (AvgIpc) is 3.16. The van der Waals surface area contributed by atoms with E-state index in [1.165, 1.54) is 29.1 Å². The monoisotopic (exact) mass is 527 g/mol. The molecular formula is C25H19Cl2N3O4S. The summed E-state index contributed by atoms with van der Waals surface area (Å²) in [6, 6.07) is 13.6. The zero-order valence-electron chi connectivity index (χ0n) is 18.7. The molecule has 0 bridgehead atoms. The summed E-state index contributed by atoms with van der Waals surface area (Å²) < 4.78 is 12.4. The lowest BCUT2D eigenvalue weighted by Gasteiger charge is -2.25. The molecule has 10 heteroatoms. The number of thiazole rings is 1. The first kappa shape index (κ1) is 24.7. The summed E-state index contributed by atoms with van der Waals surface area (Å²) >= 11 is 13.7. The van der Waals surface area contributed by atoms with E-state index in [0.29, 0.717) is 37.6 Å². The number of allylic oxidation sites excluding steroid dienone is 1. The molecule has 2 aromatic carbocycles. The van der Waals surface area contributed by atoms with Crippen LogP contribution in [-0.2, 0) is 9.53 Å². The zero-order valence-corrected chi connectivity index (χ0v) is 21.1. The predicted molar refractivity (Wildman–Crippen MR) is 134 cm³/mol. The van der Waals surface area contributed by atoms with Gasteiger partial charge in [0.05, 0.1) is 34.0 Å². The molecule has 1 atom stereocenters. The zero-order chi connectivity index (χ0) is 25.1. The molecule has 1 aromatic heterocycles. The number of methoxy groups -OCH3 is 1. The standard InChI is InChI=1S/C25H19Cl2N3O4S/c1-3-18-20(24(32)33-2)21(14-7-5-4-6-8-14)30-23(31)19(35-25(30)29-18)12-15-11-16(26)13-17(27)22(15)34-10-9-28/h4-8,11-13,21H,3,10H2,1-2H3/b19-12+/t21-/m0/s1. The van der Waals surface area contributed by atoms with Crippen LogP contribution in [0.1, 0.15) is 30.5 Å². The first-order valence-electron chi connectivity index (χ1n) is 10.6. The number of nitriles is 1. The normalized spacial score (nSPS) is 15.3. The second-order valence-electron chi connectivity index (χ2n) is 7.45. The molecule has 4 rings (SSSR count). The highest BCUT2D eigenvalue weighted by Gasteiger charge is 2.33. The maximum atomic E-state index is 13.7. The van der Waals surface area contributed by atoms with Gasteiger partial charge in [-0.1, -0.05) is 71.8 Å². The van der Waals surface area contributed by atoms with Crippen molar-refractivity contribution in [2.75, 3.05) is 13.7 Å². The lowest BCUT2D eigenvalue weighted by Crippen LogP contribution is -2.40. The van der Waals surface area contributed by atoms with Gasteiger partial charge in [0.25, 0.3) is 5.56 Å². The van der Waals surface area contributed by atoms with E-state index >= 15 is 0 Å². The third-order valence-corrected chi connectivity index (χ3v) is 6.85. The lowest BCUT2D eigenvalue weighted by atomic mass is 9.95. The van der Waals surface area contributed by atoms with Gasteiger partial charge in [0.15, 0.2) is 11.4 Å². The van der Waals surface area contributed by atoms with E-state index in [-0.39, 0.29) is 22.9 Å². The first-order chi connectivity index (χ1) is 16.9. The predicted octanol–water partition coefficient (Wildman–Crippen LogP) is 4.01. The molecule has 178 valence electrons. The summed E-state index contributed by atoms with van der Waals surface area (Å²) in [4.78, 5) is 31.6. The third-order valence-electron chi connectivity index (χ3n) is 5.37. The molecule has 7 nitrogen and oxygen atoms in total. The van der Waals surface area contributed by atoms with Crippen LogP contribution in [0.5, 0.6) is 5.75 Å². The van der Waals surface area contributed by atoms with Crippen LogP contribution in [0.15, 0.2) is 63.5 Å². The lowest BCUT2D eigenvalue weighted by molar-refractivity contribution is -0.136. The summed E-state index contributed by atoms with van der Waals surface area (Å²) in [6.07, 6.45) is 2.08. The van der Waals surface area contributed by atoms with Crippen molar-refractivity contribution in [1.82, 2.24) is 4.57 Å². The highest BCUT2D eigenvalue weighted by molar-refractivity contribution is 7.07. The smallest absolute Gasteiger partial charge is 0.338 e. The molecule has 1 aliphatic rings. The Balaban J connectivity index is 2.00. The Kier molecular flexibility index (Phi) is 7.41. The topological polar surface area (TPSA) is 93.7 Å². The second-order valence-corrected chi connectivity index (χ2v) is 9.30.